The molecule has 1 saturated heterocycles. The number of esters is 1. The fourth-order valence-electron chi connectivity index (χ4n) is 1.12. The minimum atomic E-state index is -0.183. The zero-order chi connectivity index (χ0) is 7.78. The van der Waals surface area contributed by atoms with Gasteiger partial charge in [-0.05, 0) is 19.3 Å². The van der Waals surface area contributed by atoms with E-state index in [4.69, 9.17) is 4.74 Å². The first kappa shape index (κ1) is 7.58. The van der Waals surface area contributed by atoms with Crippen molar-refractivity contribution in [2.24, 2.45) is 5.92 Å². The fourth-order valence-corrected chi connectivity index (χ4v) is 1.12. The van der Waals surface area contributed by atoms with Crippen molar-refractivity contribution in [2.75, 3.05) is 0 Å². The van der Waals surface area contributed by atoms with Crippen LogP contribution < -0.4 is 0 Å². The van der Waals surface area contributed by atoms with Gasteiger partial charge in [-0.1, -0.05) is 13.8 Å². The quantitative estimate of drug-likeness (QED) is 0.521. The van der Waals surface area contributed by atoms with Crippen LogP contribution in [0, 0.1) is 5.92 Å². The predicted molar refractivity (Wildman–Crippen MR) is 38.6 cm³/mol. The Bertz CT molecular complexity index is 151. The summed E-state index contributed by atoms with van der Waals surface area (Å²) in [6, 6.07) is 0. The van der Waals surface area contributed by atoms with Crippen molar-refractivity contribution < 1.29 is 9.53 Å². The van der Waals surface area contributed by atoms with Crippen molar-refractivity contribution in [3.8, 4) is 0 Å². The van der Waals surface area contributed by atoms with Crippen LogP contribution in [-0.4, -0.2) is 11.6 Å². The molecule has 10 heavy (non-hydrogen) atoms. The molecule has 1 rings (SSSR count). The second-order valence-corrected chi connectivity index (χ2v) is 3.44. The van der Waals surface area contributed by atoms with Gasteiger partial charge in [0.15, 0.2) is 0 Å². The Morgan fingerprint density at radius 2 is 2.20 bits per heavy atom. The van der Waals surface area contributed by atoms with E-state index in [0.29, 0.717) is 12.3 Å². The van der Waals surface area contributed by atoms with Gasteiger partial charge in [0.25, 0.3) is 0 Å². The topological polar surface area (TPSA) is 26.3 Å². The van der Waals surface area contributed by atoms with Gasteiger partial charge in [-0.15, -0.1) is 0 Å². The maximum Gasteiger partial charge on any atom is 0.306 e. The number of ether oxygens (including phenoxy) is 1. The second kappa shape index (κ2) is 2.26. The van der Waals surface area contributed by atoms with Crippen LogP contribution in [0.3, 0.4) is 0 Å². The van der Waals surface area contributed by atoms with E-state index in [1.54, 1.807) is 0 Å². The molecule has 0 bridgehead atoms. The van der Waals surface area contributed by atoms with Crippen LogP contribution in [0.5, 0.6) is 0 Å². The first-order valence-electron chi connectivity index (χ1n) is 3.76. The van der Waals surface area contributed by atoms with E-state index >= 15 is 0 Å². The highest BCUT2D eigenvalue weighted by Gasteiger charge is 2.38. The minimum absolute atomic E-state index is 0.0452. The number of hydrogen-bond donors (Lipinski definition) is 0. The highest BCUT2D eigenvalue weighted by molar-refractivity contribution is 5.72. The lowest BCUT2D eigenvalue weighted by molar-refractivity contribution is -0.150. The molecule has 1 aliphatic rings. The van der Waals surface area contributed by atoms with Crippen LogP contribution in [-0.2, 0) is 9.53 Å². The normalized spacial score (nSPS) is 33.0. The van der Waals surface area contributed by atoms with Gasteiger partial charge in [0.1, 0.15) is 5.60 Å². The third kappa shape index (κ3) is 1.15. The molecule has 1 heterocycles. The Hall–Kier alpha value is -0.530. The summed E-state index contributed by atoms with van der Waals surface area (Å²) >= 11 is 0. The first-order chi connectivity index (χ1) is 4.54. The van der Waals surface area contributed by atoms with E-state index < -0.39 is 0 Å². The van der Waals surface area contributed by atoms with Gasteiger partial charge >= 0.3 is 5.97 Å². The van der Waals surface area contributed by atoms with Gasteiger partial charge < -0.3 is 4.74 Å². The van der Waals surface area contributed by atoms with E-state index in [-0.39, 0.29) is 11.6 Å². The Labute approximate surface area is 61.6 Å². The standard InChI is InChI=1S/C8H14O2/c1-6(2)8(3)5-4-7(9)10-8/h6H,4-5H2,1-3H3/t8-/m1/s1. The molecular weight excluding hydrogens is 128 g/mol. The van der Waals surface area contributed by atoms with Gasteiger partial charge in [0, 0.05) is 6.42 Å². The monoisotopic (exact) mass is 142 g/mol. The fraction of sp³-hybridized carbons (Fsp3) is 0.875. The smallest absolute Gasteiger partial charge is 0.306 e. The summed E-state index contributed by atoms with van der Waals surface area (Å²) < 4.78 is 5.17. The molecule has 0 unspecified atom stereocenters. The summed E-state index contributed by atoms with van der Waals surface area (Å²) in [6.07, 6.45) is 1.47. The summed E-state index contributed by atoms with van der Waals surface area (Å²) in [4.78, 5) is 10.7. The number of hydrogen-bond acceptors (Lipinski definition) is 2. The van der Waals surface area contributed by atoms with Crippen LogP contribution in [0.1, 0.15) is 33.6 Å². The maximum atomic E-state index is 10.7. The van der Waals surface area contributed by atoms with Crippen molar-refractivity contribution in [1.82, 2.24) is 0 Å². The molecule has 1 atom stereocenters. The third-order valence-corrected chi connectivity index (χ3v) is 2.39. The summed E-state index contributed by atoms with van der Waals surface area (Å²) in [5.74, 6) is 0.384. The SMILES string of the molecule is CC(C)[C@@]1(C)CCC(=O)O1. The van der Waals surface area contributed by atoms with Crippen molar-refractivity contribution in [3.05, 3.63) is 0 Å². The Morgan fingerprint density at radius 3 is 2.40 bits per heavy atom. The largest absolute Gasteiger partial charge is 0.459 e. The Kier molecular flexibility index (Phi) is 1.71. The molecule has 0 aromatic heterocycles. The summed E-state index contributed by atoms with van der Waals surface area (Å²) in [7, 11) is 0. The summed E-state index contributed by atoms with van der Waals surface area (Å²) in [5, 5.41) is 0. The highest BCUT2D eigenvalue weighted by Crippen LogP contribution is 2.32. The van der Waals surface area contributed by atoms with E-state index in [2.05, 4.69) is 13.8 Å². The predicted octanol–water partition coefficient (Wildman–Crippen LogP) is 1.74. The molecule has 1 fully saturated rings. The minimum Gasteiger partial charge on any atom is -0.459 e. The van der Waals surface area contributed by atoms with Crippen LogP contribution >= 0.6 is 0 Å². The number of rotatable bonds is 1. The van der Waals surface area contributed by atoms with Crippen LogP contribution in [0.25, 0.3) is 0 Å². The summed E-state index contributed by atoms with van der Waals surface area (Å²) in [5.41, 5.74) is -0.183. The van der Waals surface area contributed by atoms with Gasteiger partial charge in [-0.25, -0.2) is 0 Å². The molecule has 58 valence electrons. The maximum absolute atomic E-state index is 10.7. The van der Waals surface area contributed by atoms with Gasteiger partial charge in [-0.3, -0.25) is 4.79 Å². The number of carbonyl (C=O) groups is 1. The molecular formula is C8H14O2. The molecule has 0 aromatic rings. The lowest BCUT2D eigenvalue weighted by Crippen LogP contribution is -2.30. The van der Waals surface area contributed by atoms with Crippen molar-refractivity contribution >= 4 is 5.97 Å². The molecule has 2 heteroatoms. The molecule has 0 aliphatic carbocycles. The van der Waals surface area contributed by atoms with Crippen LogP contribution in [0.4, 0.5) is 0 Å². The molecule has 0 N–H and O–H groups in total. The number of cyclic esters (lactones) is 1. The van der Waals surface area contributed by atoms with E-state index in [0.717, 1.165) is 6.42 Å². The second-order valence-electron chi connectivity index (χ2n) is 3.44. The Morgan fingerprint density at radius 1 is 1.60 bits per heavy atom. The zero-order valence-electron chi connectivity index (χ0n) is 6.81. The average Bonchev–Trinajstić information content (AvgIpc) is 2.13. The van der Waals surface area contributed by atoms with Gasteiger partial charge in [0.05, 0.1) is 0 Å². The van der Waals surface area contributed by atoms with Crippen molar-refractivity contribution in [1.29, 1.82) is 0 Å². The lowest BCUT2D eigenvalue weighted by atomic mass is 9.90. The van der Waals surface area contributed by atoms with Crippen molar-refractivity contribution in [2.45, 2.75) is 39.2 Å². The Balaban J connectivity index is 2.63. The third-order valence-electron chi connectivity index (χ3n) is 2.39. The van der Waals surface area contributed by atoms with Crippen LogP contribution in [0.2, 0.25) is 0 Å². The highest BCUT2D eigenvalue weighted by atomic mass is 16.6. The van der Waals surface area contributed by atoms with Gasteiger partial charge in [0.2, 0.25) is 0 Å². The lowest BCUT2D eigenvalue weighted by Gasteiger charge is -2.26. The van der Waals surface area contributed by atoms with E-state index in [1.165, 1.54) is 0 Å². The van der Waals surface area contributed by atoms with Gasteiger partial charge in [-0.2, -0.15) is 0 Å². The molecule has 1 aliphatic heterocycles. The molecule has 0 saturated carbocycles. The first-order valence-corrected chi connectivity index (χ1v) is 3.76. The number of carbonyl (C=O) groups excluding carboxylic acids is 1. The molecule has 2 nitrogen and oxygen atoms in total. The molecule has 0 radical (unpaired) electrons. The van der Waals surface area contributed by atoms with E-state index in [9.17, 15) is 4.79 Å². The van der Waals surface area contributed by atoms with Crippen molar-refractivity contribution in [3.63, 3.8) is 0 Å². The zero-order valence-corrected chi connectivity index (χ0v) is 6.81. The summed E-state index contributed by atoms with van der Waals surface area (Å²) in [6.45, 7) is 6.17. The average molecular weight is 142 g/mol. The van der Waals surface area contributed by atoms with Crippen LogP contribution in [0.15, 0.2) is 0 Å². The molecule has 0 spiro atoms. The van der Waals surface area contributed by atoms with E-state index in [1.807, 2.05) is 6.92 Å². The molecule has 0 aromatic carbocycles. The molecule has 0 amide bonds.